The monoisotopic (exact) mass is 481 g/mol. The molecular formula is C30H31N3O3. The van der Waals surface area contributed by atoms with Gasteiger partial charge in [-0.25, -0.2) is 0 Å². The second-order valence-corrected chi connectivity index (χ2v) is 9.34. The Morgan fingerprint density at radius 3 is 2.39 bits per heavy atom. The molecule has 1 aliphatic heterocycles. The normalized spacial score (nSPS) is 15.0. The van der Waals surface area contributed by atoms with Crippen LogP contribution < -0.4 is 10.1 Å². The number of nitrogens with one attached hydrogen (secondary N) is 2. The molecule has 1 saturated heterocycles. The fraction of sp³-hybridized carbons (Fsp3) is 0.267. The molecule has 0 radical (unpaired) electrons. The van der Waals surface area contributed by atoms with Gasteiger partial charge in [0, 0.05) is 42.2 Å². The summed E-state index contributed by atoms with van der Waals surface area (Å²) < 4.78 is 5.42. The highest BCUT2D eigenvalue weighted by atomic mass is 16.5. The van der Waals surface area contributed by atoms with Crippen molar-refractivity contribution in [3.8, 4) is 5.75 Å². The van der Waals surface area contributed by atoms with Gasteiger partial charge in [-0.3, -0.25) is 9.59 Å². The minimum Gasteiger partial charge on any atom is -0.497 e. The first kappa shape index (κ1) is 23.7. The number of hydrogen-bond donors (Lipinski definition) is 2. The number of methoxy groups -OCH3 is 1. The Labute approximate surface area is 211 Å². The van der Waals surface area contributed by atoms with E-state index >= 15 is 0 Å². The van der Waals surface area contributed by atoms with E-state index in [4.69, 9.17) is 4.74 Å². The lowest BCUT2D eigenvalue weighted by atomic mass is 9.88. The summed E-state index contributed by atoms with van der Waals surface area (Å²) in [7, 11) is 1.68. The van der Waals surface area contributed by atoms with E-state index in [1.165, 1.54) is 10.9 Å². The van der Waals surface area contributed by atoms with Crippen LogP contribution >= 0.6 is 0 Å². The van der Waals surface area contributed by atoms with Gasteiger partial charge in [0.25, 0.3) is 5.91 Å². The Bertz CT molecular complexity index is 1330. The fourth-order valence-corrected chi connectivity index (χ4v) is 5.10. The number of carbonyl (C=O) groups excluding carboxylic acids is 2. The van der Waals surface area contributed by atoms with E-state index in [2.05, 4.69) is 22.6 Å². The lowest BCUT2D eigenvalue weighted by molar-refractivity contribution is -0.134. The Morgan fingerprint density at radius 1 is 1.00 bits per heavy atom. The molecule has 2 heterocycles. The molecule has 1 unspecified atom stereocenters. The molecule has 1 fully saturated rings. The minimum absolute atomic E-state index is 0.0258. The van der Waals surface area contributed by atoms with Crippen LogP contribution in [0.3, 0.4) is 0 Å². The third-order valence-electron chi connectivity index (χ3n) is 7.09. The van der Waals surface area contributed by atoms with E-state index in [1.54, 1.807) is 19.2 Å². The molecule has 184 valence electrons. The summed E-state index contributed by atoms with van der Waals surface area (Å²) in [5, 5.41) is 4.18. The lowest BCUT2D eigenvalue weighted by Gasteiger charge is -2.34. The van der Waals surface area contributed by atoms with Crippen molar-refractivity contribution in [1.82, 2.24) is 15.2 Å². The number of benzene rings is 3. The summed E-state index contributed by atoms with van der Waals surface area (Å²) >= 11 is 0. The number of aromatic amines is 1. The van der Waals surface area contributed by atoms with E-state index in [9.17, 15) is 9.59 Å². The first-order chi connectivity index (χ1) is 17.6. The number of piperidine rings is 1. The number of H-pyrrole nitrogens is 1. The maximum Gasteiger partial charge on any atom is 0.251 e. The molecule has 6 heteroatoms. The predicted octanol–water partition coefficient (Wildman–Crippen LogP) is 4.92. The van der Waals surface area contributed by atoms with Crippen molar-refractivity contribution >= 4 is 22.7 Å². The molecule has 36 heavy (non-hydrogen) atoms. The number of likely N-dealkylation sites (tertiary alicyclic amines) is 1. The van der Waals surface area contributed by atoms with Crippen molar-refractivity contribution < 1.29 is 14.3 Å². The summed E-state index contributed by atoms with van der Waals surface area (Å²) in [6, 6.07) is 24.4. The third-order valence-corrected chi connectivity index (χ3v) is 7.09. The molecule has 0 saturated carbocycles. The summed E-state index contributed by atoms with van der Waals surface area (Å²) in [5.41, 5.74) is 3.94. The Hall–Kier alpha value is -4.06. The van der Waals surface area contributed by atoms with Crippen molar-refractivity contribution in [3.63, 3.8) is 0 Å². The summed E-state index contributed by atoms with van der Waals surface area (Å²) in [4.78, 5) is 31.8. The van der Waals surface area contributed by atoms with Gasteiger partial charge in [-0.15, -0.1) is 0 Å². The van der Waals surface area contributed by atoms with E-state index < -0.39 is 6.04 Å². The summed E-state index contributed by atoms with van der Waals surface area (Å²) in [6.45, 7) is 1.32. The maximum absolute atomic E-state index is 13.6. The molecule has 6 nitrogen and oxygen atoms in total. The molecule has 1 aliphatic rings. The van der Waals surface area contributed by atoms with Gasteiger partial charge < -0.3 is 19.9 Å². The first-order valence-corrected chi connectivity index (χ1v) is 12.5. The molecule has 3 aromatic carbocycles. The van der Waals surface area contributed by atoms with Crippen molar-refractivity contribution in [2.75, 3.05) is 20.2 Å². The van der Waals surface area contributed by atoms with E-state index in [1.807, 2.05) is 65.6 Å². The van der Waals surface area contributed by atoms with Gasteiger partial charge in [0.2, 0.25) is 5.91 Å². The highest BCUT2D eigenvalue weighted by Gasteiger charge is 2.31. The van der Waals surface area contributed by atoms with Crippen LogP contribution in [0, 0.1) is 0 Å². The number of hydrogen-bond acceptors (Lipinski definition) is 3. The van der Waals surface area contributed by atoms with Crippen molar-refractivity contribution in [1.29, 1.82) is 0 Å². The minimum atomic E-state index is -0.617. The number of nitrogens with zero attached hydrogens (tertiary/aromatic N) is 1. The number of carbonyl (C=O) groups is 2. The largest absolute Gasteiger partial charge is 0.497 e. The average molecular weight is 482 g/mol. The molecular weight excluding hydrogens is 450 g/mol. The molecule has 1 aromatic heterocycles. The Morgan fingerprint density at radius 2 is 1.69 bits per heavy atom. The van der Waals surface area contributed by atoms with Gasteiger partial charge >= 0.3 is 0 Å². The molecule has 4 aromatic rings. The lowest BCUT2D eigenvalue weighted by Crippen LogP contribution is -2.51. The summed E-state index contributed by atoms with van der Waals surface area (Å²) in [5.74, 6) is 0.949. The van der Waals surface area contributed by atoms with Crippen LogP contribution in [0.25, 0.3) is 10.9 Å². The maximum atomic E-state index is 13.6. The van der Waals surface area contributed by atoms with Crippen LogP contribution in [0.2, 0.25) is 0 Å². The number of amides is 2. The summed E-state index contributed by atoms with van der Waals surface area (Å²) in [6.07, 6.45) is 4.30. The van der Waals surface area contributed by atoms with Crippen molar-refractivity contribution in [2.24, 2.45) is 0 Å². The van der Waals surface area contributed by atoms with Crippen LogP contribution in [0.5, 0.6) is 5.75 Å². The van der Waals surface area contributed by atoms with Gasteiger partial charge in [0.1, 0.15) is 11.8 Å². The first-order valence-electron chi connectivity index (χ1n) is 12.5. The number of ether oxygens (including phenoxy) is 1. The highest BCUT2D eigenvalue weighted by molar-refractivity contribution is 5.97. The quantitative estimate of drug-likeness (QED) is 0.393. The predicted molar refractivity (Wildman–Crippen MR) is 141 cm³/mol. The Balaban J connectivity index is 1.29. The fourth-order valence-electron chi connectivity index (χ4n) is 5.10. The van der Waals surface area contributed by atoms with E-state index in [0.717, 1.165) is 29.7 Å². The zero-order valence-electron chi connectivity index (χ0n) is 20.4. The molecule has 0 spiro atoms. The van der Waals surface area contributed by atoms with Crippen LogP contribution in [0.4, 0.5) is 0 Å². The number of rotatable bonds is 7. The van der Waals surface area contributed by atoms with Crippen molar-refractivity contribution in [3.05, 3.63) is 102 Å². The standard InChI is InChI=1S/C30H31N3O3/c1-36-24-12-13-27-25(19-24)26(20-31-27)22-14-16-33(17-15-22)30(35)28(18-21-8-4-2-5-9-21)32-29(34)23-10-6-3-7-11-23/h2-13,19-20,22,28,31H,14-18H2,1H3,(H,32,34). The van der Waals surface area contributed by atoms with Gasteiger partial charge in [0.05, 0.1) is 7.11 Å². The molecule has 0 bridgehead atoms. The molecule has 2 N–H and O–H groups in total. The molecule has 1 atom stereocenters. The molecule has 5 rings (SSSR count). The zero-order valence-corrected chi connectivity index (χ0v) is 20.4. The SMILES string of the molecule is COc1ccc2[nH]cc(C3CCN(C(=O)C(Cc4ccccc4)NC(=O)c4ccccc4)CC3)c2c1. The molecule has 2 amide bonds. The third kappa shape index (κ3) is 5.13. The van der Waals surface area contributed by atoms with Crippen LogP contribution in [0.1, 0.15) is 40.2 Å². The van der Waals surface area contributed by atoms with Crippen LogP contribution in [-0.4, -0.2) is 47.9 Å². The van der Waals surface area contributed by atoms with Gasteiger partial charge in [-0.05, 0) is 60.2 Å². The average Bonchev–Trinajstić information content (AvgIpc) is 3.36. The van der Waals surface area contributed by atoms with Gasteiger partial charge in [-0.2, -0.15) is 0 Å². The van der Waals surface area contributed by atoms with Crippen molar-refractivity contribution in [2.45, 2.75) is 31.2 Å². The van der Waals surface area contributed by atoms with Crippen LogP contribution in [0.15, 0.2) is 85.1 Å². The van der Waals surface area contributed by atoms with Crippen LogP contribution in [-0.2, 0) is 11.2 Å². The van der Waals surface area contributed by atoms with Gasteiger partial charge in [-0.1, -0.05) is 48.5 Å². The topological polar surface area (TPSA) is 74.4 Å². The highest BCUT2D eigenvalue weighted by Crippen LogP contribution is 2.35. The van der Waals surface area contributed by atoms with E-state index in [0.29, 0.717) is 31.0 Å². The number of fused-ring (bicyclic) bond motifs is 1. The number of aromatic nitrogens is 1. The smallest absolute Gasteiger partial charge is 0.251 e. The zero-order chi connectivity index (χ0) is 24.9. The molecule has 0 aliphatic carbocycles. The Kier molecular flexibility index (Phi) is 7.03. The second-order valence-electron chi connectivity index (χ2n) is 9.34. The van der Waals surface area contributed by atoms with E-state index in [-0.39, 0.29) is 11.8 Å². The second kappa shape index (κ2) is 10.7. The van der Waals surface area contributed by atoms with Gasteiger partial charge in [0.15, 0.2) is 0 Å².